The van der Waals surface area contributed by atoms with Gasteiger partial charge in [-0.05, 0) is 18.2 Å². The van der Waals surface area contributed by atoms with E-state index in [1.165, 1.54) is 12.3 Å². The first-order chi connectivity index (χ1) is 7.07. The van der Waals surface area contributed by atoms with Gasteiger partial charge < -0.3 is 10.2 Å². The van der Waals surface area contributed by atoms with Crippen molar-refractivity contribution in [3.05, 3.63) is 28.0 Å². The molecule has 2 atom stereocenters. The Bertz CT molecular complexity index is 318. The fourth-order valence-corrected chi connectivity index (χ4v) is 2.01. The predicted molar refractivity (Wildman–Crippen MR) is 63.7 cm³/mol. The monoisotopic (exact) mass is 267 g/mol. The highest BCUT2D eigenvalue weighted by atomic mass is 35.5. The van der Waals surface area contributed by atoms with Crippen LogP contribution in [-0.4, -0.2) is 27.1 Å². The van der Waals surface area contributed by atoms with Gasteiger partial charge in [-0.15, -0.1) is 0 Å². The number of aliphatic hydroxyl groups excluding tert-OH is 2. The summed E-state index contributed by atoms with van der Waals surface area (Å²) < 4.78 is 0. The Morgan fingerprint density at radius 3 is 2.60 bits per heavy atom. The average molecular weight is 268 g/mol. The number of hydrogen-bond acceptors (Lipinski definition) is 4. The van der Waals surface area contributed by atoms with E-state index in [4.69, 9.17) is 23.2 Å². The number of nitrogens with zero attached hydrogens (tertiary/aromatic N) is 1. The third kappa shape index (κ3) is 3.23. The van der Waals surface area contributed by atoms with Crippen molar-refractivity contribution < 1.29 is 10.2 Å². The fraction of sp³-hybridized carbons (Fsp3) is 0.444. The summed E-state index contributed by atoms with van der Waals surface area (Å²) in [4.78, 5) is 3.79. The molecule has 6 heteroatoms. The third-order valence-corrected chi connectivity index (χ3v) is 2.86. The number of thiol groups is 1. The predicted octanol–water partition coefficient (Wildman–Crippen LogP) is 2.10. The molecule has 0 amide bonds. The second-order valence-electron chi connectivity index (χ2n) is 3.02. The molecule has 2 N–H and O–H groups in total. The van der Waals surface area contributed by atoms with Gasteiger partial charge in [-0.25, -0.2) is 4.98 Å². The SMILES string of the molecule is OC(CCS)C(O)c1c(Cl)ccnc1Cl. The Morgan fingerprint density at radius 2 is 2.07 bits per heavy atom. The van der Waals surface area contributed by atoms with Gasteiger partial charge >= 0.3 is 0 Å². The van der Waals surface area contributed by atoms with Gasteiger partial charge in [-0.1, -0.05) is 23.2 Å². The minimum absolute atomic E-state index is 0.105. The van der Waals surface area contributed by atoms with Crippen LogP contribution in [0.2, 0.25) is 10.2 Å². The number of aromatic nitrogens is 1. The lowest BCUT2D eigenvalue weighted by Crippen LogP contribution is -2.19. The van der Waals surface area contributed by atoms with Crippen LogP contribution >= 0.6 is 35.8 Å². The van der Waals surface area contributed by atoms with Gasteiger partial charge in [-0.3, -0.25) is 0 Å². The Kier molecular flexibility index (Phi) is 5.15. The summed E-state index contributed by atoms with van der Waals surface area (Å²) in [5.74, 6) is 0.466. The number of hydrogen-bond donors (Lipinski definition) is 3. The molecule has 0 radical (unpaired) electrons. The molecule has 0 saturated carbocycles. The molecule has 0 spiro atoms. The molecule has 0 aliphatic rings. The van der Waals surface area contributed by atoms with Crippen molar-refractivity contribution >= 4 is 35.8 Å². The zero-order valence-electron chi connectivity index (χ0n) is 7.77. The van der Waals surface area contributed by atoms with E-state index in [1.807, 2.05) is 0 Å². The molecule has 0 aliphatic carbocycles. The summed E-state index contributed by atoms with van der Waals surface area (Å²) in [5.41, 5.74) is 0.259. The van der Waals surface area contributed by atoms with Gasteiger partial charge in [0.25, 0.3) is 0 Å². The molecule has 0 bridgehead atoms. The van der Waals surface area contributed by atoms with Crippen molar-refractivity contribution in [2.45, 2.75) is 18.6 Å². The molecule has 0 aromatic carbocycles. The average Bonchev–Trinajstić information content (AvgIpc) is 2.17. The van der Waals surface area contributed by atoms with E-state index in [-0.39, 0.29) is 10.7 Å². The maximum Gasteiger partial charge on any atom is 0.136 e. The van der Waals surface area contributed by atoms with E-state index >= 15 is 0 Å². The number of halogens is 2. The molecule has 1 aromatic rings. The maximum absolute atomic E-state index is 9.79. The lowest BCUT2D eigenvalue weighted by molar-refractivity contribution is 0.0171. The highest BCUT2D eigenvalue weighted by Crippen LogP contribution is 2.31. The maximum atomic E-state index is 9.79. The lowest BCUT2D eigenvalue weighted by Gasteiger charge is -2.18. The third-order valence-electron chi connectivity index (χ3n) is 1.97. The smallest absolute Gasteiger partial charge is 0.136 e. The summed E-state index contributed by atoms with van der Waals surface area (Å²) in [6.07, 6.45) is -0.287. The topological polar surface area (TPSA) is 53.4 Å². The van der Waals surface area contributed by atoms with E-state index in [0.29, 0.717) is 17.2 Å². The molecule has 0 aliphatic heterocycles. The Balaban J connectivity index is 2.94. The molecule has 1 aromatic heterocycles. The first-order valence-corrected chi connectivity index (χ1v) is 5.73. The zero-order valence-corrected chi connectivity index (χ0v) is 10.2. The standard InChI is InChI=1S/C9H11Cl2NO2S/c10-5-1-3-12-9(11)7(5)8(14)6(13)2-4-15/h1,3,6,8,13-15H,2,4H2. The van der Waals surface area contributed by atoms with Crippen LogP contribution < -0.4 is 0 Å². The quantitative estimate of drug-likeness (QED) is 0.579. The highest BCUT2D eigenvalue weighted by molar-refractivity contribution is 7.80. The Labute approximate surface area is 103 Å². The van der Waals surface area contributed by atoms with Crippen LogP contribution in [0.25, 0.3) is 0 Å². The minimum atomic E-state index is -1.13. The van der Waals surface area contributed by atoms with Crippen LogP contribution in [0.1, 0.15) is 18.1 Å². The van der Waals surface area contributed by atoms with Crippen LogP contribution in [0.4, 0.5) is 0 Å². The van der Waals surface area contributed by atoms with Crippen LogP contribution in [0.3, 0.4) is 0 Å². The van der Waals surface area contributed by atoms with Crippen molar-refractivity contribution in [1.82, 2.24) is 4.98 Å². The van der Waals surface area contributed by atoms with Gasteiger partial charge in [0, 0.05) is 11.8 Å². The second-order valence-corrected chi connectivity index (χ2v) is 4.23. The van der Waals surface area contributed by atoms with E-state index in [2.05, 4.69) is 17.6 Å². The molecular weight excluding hydrogens is 257 g/mol. The van der Waals surface area contributed by atoms with Crippen LogP contribution in [0, 0.1) is 0 Å². The van der Waals surface area contributed by atoms with Crippen molar-refractivity contribution in [2.75, 3.05) is 5.75 Å². The number of pyridine rings is 1. The van der Waals surface area contributed by atoms with Crippen LogP contribution in [0.15, 0.2) is 12.3 Å². The van der Waals surface area contributed by atoms with Crippen molar-refractivity contribution in [2.24, 2.45) is 0 Å². The van der Waals surface area contributed by atoms with Crippen LogP contribution in [0.5, 0.6) is 0 Å². The van der Waals surface area contributed by atoms with Crippen molar-refractivity contribution in [3.8, 4) is 0 Å². The summed E-state index contributed by atoms with van der Waals surface area (Å²) >= 11 is 15.6. The summed E-state index contributed by atoms with van der Waals surface area (Å²) in [6, 6.07) is 1.51. The Morgan fingerprint density at radius 1 is 1.40 bits per heavy atom. The largest absolute Gasteiger partial charge is 0.390 e. The van der Waals surface area contributed by atoms with Gasteiger partial charge in [0.1, 0.15) is 11.3 Å². The van der Waals surface area contributed by atoms with Gasteiger partial charge in [0.2, 0.25) is 0 Å². The Hall–Kier alpha value is -0.0000000000000000555. The lowest BCUT2D eigenvalue weighted by atomic mass is 10.0. The van der Waals surface area contributed by atoms with Crippen molar-refractivity contribution in [3.63, 3.8) is 0 Å². The number of rotatable bonds is 4. The minimum Gasteiger partial charge on any atom is -0.390 e. The van der Waals surface area contributed by atoms with E-state index in [9.17, 15) is 10.2 Å². The first kappa shape index (κ1) is 13.1. The molecule has 1 heterocycles. The van der Waals surface area contributed by atoms with Crippen molar-refractivity contribution in [1.29, 1.82) is 0 Å². The van der Waals surface area contributed by atoms with Gasteiger partial charge in [-0.2, -0.15) is 12.6 Å². The molecule has 15 heavy (non-hydrogen) atoms. The molecule has 0 fully saturated rings. The number of aliphatic hydroxyl groups is 2. The molecular formula is C9H11Cl2NO2S. The molecule has 2 unspecified atom stereocenters. The summed E-state index contributed by atoms with van der Waals surface area (Å²) in [6.45, 7) is 0. The van der Waals surface area contributed by atoms with Crippen LogP contribution in [-0.2, 0) is 0 Å². The molecule has 1 rings (SSSR count). The molecule has 84 valence electrons. The summed E-state index contributed by atoms with van der Waals surface area (Å²) in [5, 5.41) is 19.8. The molecule has 3 nitrogen and oxygen atoms in total. The summed E-state index contributed by atoms with van der Waals surface area (Å²) in [7, 11) is 0. The first-order valence-electron chi connectivity index (χ1n) is 4.34. The van der Waals surface area contributed by atoms with E-state index < -0.39 is 12.2 Å². The molecule has 0 saturated heterocycles. The second kappa shape index (κ2) is 5.92. The zero-order chi connectivity index (χ0) is 11.4. The van der Waals surface area contributed by atoms with Gasteiger partial charge in [0.15, 0.2) is 0 Å². The van der Waals surface area contributed by atoms with Gasteiger partial charge in [0.05, 0.1) is 11.1 Å². The van der Waals surface area contributed by atoms with E-state index in [1.54, 1.807) is 0 Å². The fourth-order valence-electron chi connectivity index (χ4n) is 1.17. The highest BCUT2D eigenvalue weighted by Gasteiger charge is 2.23. The van der Waals surface area contributed by atoms with E-state index in [0.717, 1.165) is 0 Å². The normalized spacial score (nSPS) is 15.0.